The van der Waals surface area contributed by atoms with E-state index in [-0.39, 0.29) is 12.4 Å². The van der Waals surface area contributed by atoms with Crippen LogP contribution >= 0.6 is 35.8 Å². The van der Waals surface area contributed by atoms with Crippen LogP contribution in [0.15, 0.2) is 46.7 Å². The molecule has 122 valence electrons. The fourth-order valence-electron chi connectivity index (χ4n) is 2.26. The van der Waals surface area contributed by atoms with Crippen LogP contribution in [-0.2, 0) is 6.54 Å². The summed E-state index contributed by atoms with van der Waals surface area (Å²) in [5.74, 6) is 0. The van der Waals surface area contributed by atoms with Gasteiger partial charge in [-0.25, -0.2) is 4.98 Å². The van der Waals surface area contributed by atoms with E-state index in [1.54, 1.807) is 11.8 Å². The third kappa shape index (κ3) is 6.23. The van der Waals surface area contributed by atoms with Crippen molar-refractivity contribution in [3.63, 3.8) is 0 Å². The van der Waals surface area contributed by atoms with Gasteiger partial charge in [-0.05, 0) is 18.6 Å². The first-order valence-corrected chi connectivity index (χ1v) is 8.94. The van der Waals surface area contributed by atoms with Crippen molar-refractivity contribution in [1.82, 2.24) is 9.55 Å². The molecular formula is C17H24Cl2N2S. The first kappa shape index (κ1) is 19.4. The van der Waals surface area contributed by atoms with E-state index in [1.807, 2.05) is 30.5 Å². The van der Waals surface area contributed by atoms with Gasteiger partial charge >= 0.3 is 0 Å². The van der Waals surface area contributed by atoms with Crippen LogP contribution in [0.4, 0.5) is 0 Å². The lowest BCUT2D eigenvalue weighted by Gasteiger charge is -2.08. The molecule has 0 spiro atoms. The molecule has 0 bridgehead atoms. The molecule has 22 heavy (non-hydrogen) atoms. The number of hydrogen-bond donors (Lipinski definition) is 0. The minimum Gasteiger partial charge on any atom is -0.326 e. The molecule has 2 rings (SSSR count). The molecule has 1 aromatic heterocycles. The minimum absolute atomic E-state index is 0. The zero-order chi connectivity index (χ0) is 14.9. The lowest BCUT2D eigenvalue weighted by atomic mass is 10.1. The summed E-state index contributed by atoms with van der Waals surface area (Å²) in [6.45, 7) is 3.29. The van der Waals surface area contributed by atoms with Gasteiger partial charge in [0.2, 0.25) is 0 Å². The van der Waals surface area contributed by atoms with Crippen LogP contribution < -0.4 is 0 Å². The van der Waals surface area contributed by atoms with Gasteiger partial charge in [0, 0.05) is 23.8 Å². The number of benzene rings is 1. The third-order valence-electron chi connectivity index (χ3n) is 3.47. The molecule has 0 unspecified atom stereocenters. The van der Waals surface area contributed by atoms with Crippen LogP contribution in [0.1, 0.15) is 45.4 Å². The van der Waals surface area contributed by atoms with Crippen molar-refractivity contribution >= 4 is 35.8 Å². The summed E-state index contributed by atoms with van der Waals surface area (Å²) in [6, 6.07) is 7.92. The van der Waals surface area contributed by atoms with Crippen LogP contribution in [0, 0.1) is 0 Å². The van der Waals surface area contributed by atoms with Gasteiger partial charge in [0.25, 0.3) is 0 Å². The van der Waals surface area contributed by atoms with Crippen molar-refractivity contribution in [3.8, 4) is 0 Å². The van der Waals surface area contributed by atoms with Gasteiger partial charge in [0.1, 0.15) is 0 Å². The van der Waals surface area contributed by atoms with Crippen molar-refractivity contribution in [2.24, 2.45) is 0 Å². The first-order chi connectivity index (χ1) is 10.3. The Hall–Kier alpha value is -0.640. The number of hydrogen-bond acceptors (Lipinski definition) is 2. The molecule has 0 atom stereocenters. The molecule has 1 heterocycles. The molecule has 5 heteroatoms. The minimum atomic E-state index is 0. The maximum absolute atomic E-state index is 6.21. The summed E-state index contributed by atoms with van der Waals surface area (Å²) in [5.41, 5.74) is 0. The van der Waals surface area contributed by atoms with Gasteiger partial charge in [0.15, 0.2) is 5.16 Å². The molecule has 2 aromatic rings. The highest BCUT2D eigenvalue weighted by molar-refractivity contribution is 7.99. The number of halogens is 2. The average Bonchev–Trinajstić information content (AvgIpc) is 2.92. The van der Waals surface area contributed by atoms with Gasteiger partial charge in [-0.1, -0.05) is 74.5 Å². The molecule has 0 saturated heterocycles. The third-order valence-corrected chi connectivity index (χ3v) is 5.01. The maximum Gasteiger partial charge on any atom is 0.172 e. The summed E-state index contributed by atoms with van der Waals surface area (Å²) < 4.78 is 2.23. The summed E-state index contributed by atoms with van der Waals surface area (Å²) in [7, 11) is 0. The molecule has 2 nitrogen and oxygen atoms in total. The van der Waals surface area contributed by atoms with Crippen LogP contribution in [-0.4, -0.2) is 9.55 Å². The topological polar surface area (TPSA) is 17.8 Å². The lowest BCUT2D eigenvalue weighted by Crippen LogP contribution is -1.98. The first-order valence-electron chi connectivity index (χ1n) is 7.74. The van der Waals surface area contributed by atoms with Gasteiger partial charge < -0.3 is 4.57 Å². The zero-order valence-corrected chi connectivity index (χ0v) is 15.4. The number of unbranched alkanes of at least 4 members (excludes halogenated alkanes) is 5. The van der Waals surface area contributed by atoms with Crippen LogP contribution in [0.2, 0.25) is 5.02 Å². The van der Waals surface area contributed by atoms with Crippen molar-refractivity contribution in [2.45, 2.75) is 62.0 Å². The van der Waals surface area contributed by atoms with Crippen LogP contribution in [0.3, 0.4) is 0 Å². The number of rotatable bonds is 9. The Morgan fingerprint density at radius 1 is 1.09 bits per heavy atom. The zero-order valence-electron chi connectivity index (χ0n) is 13.0. The van der Waals surface area contributed by atoms with E-state index in [0.717, 1.165) is 21.6 Å². The largest absolute Gasteiger partial charge is 0.326 e. The molecule has 0 aliphatic carbocycles. The summed E-state index contributed by atoms with van der Waals surface area (Å²) in [4.78, 5) is 5.51. The number of imidazole rings is 1. The Kier molecular flexibility index (Phi) is 9.69. The van der Waals surface area contributed by atoms with E-state index in [4.69, 9.17) is 11.6 Å². The lowest BCUT2D eigenvalue weighted by molar-refractivity contribution is 0.536. The van der Waals surface area contributed by atoms with Crippen LogP contribution in [0.5, 0.6) is 0 Å². The van der Waals surface area contributed by atoms with Crippen molar-refractivity contribution in [2.75, 3.05) is 0 Å². The Balaban J connectivity index is 0.00000242. The smallest absolute Gasteiger partial charge is 0.172 e. The van der Waals surface area contributed by atoms with Crippen molar-refractivity contribution < 1.29 is 0 Å². The molecule has 0 fully saturated rings. The predicted octanol–water partition coefficient (Wildman–Crippen LogP) is 6.47. The van der Waals surface area contributed by atoms with Crippen LogP contribution in [0.25, 0.3) is 0 Å². The average molecular weight is 359 g/mol. The Morgan fingerprint density at radius 2 is 1.82 bits per heavy atom. The highest BCUT2D eigenvalue weighted by atomic mass is 35.5. The molecule has 0 saturated carbocycles. The van der Waals surface area contributed by atoms with E-state index < -0.39 is 0 Å². The second-order valence-corrected chi connectivity index (χ2v) is 6.62. The number of aromatic nitrogens is 2. The number of nitrogens with zero attached hydrogens (tertiary/aromatic N) is 2. The Bertz CT molecular complexity index is 543. The molecule has 0 aliphatic rings. The molecule has 0 amide bonds. The van der Waals surface area contributed by atoms with Crippen molar-refractivity contribution in [1.29, 1.82) is 0 Å². The van der Waals surface area contributed by atoms with Gasteiger partial charge in [-0.2, -0.15) is 0 Å². The monoisotopic (exact) mass is 358 g/mol. The summed E-state index contributed by atoms with van der Waals surface area (Å²) >= 11 is 7.85. The molecular weight excluding hydrogens is 335 g/mol. The predicted molar refractivity (Wildman–Crippen MR) is 98.4 cm³/mol. The SMILES string of the molecule is CCCCCCCCn1ccnc1Sc1ccccc1Cl.Cl. The van der Waals surface area contributed by atoms with Gasteiger partial charge in [-0.3, -0.25) is 0 Å². The quantitative estimate of drug-likeness (QED) is 0.478. The van der Waals surface area contributed by atoms with Crippen molar-refractivity contribution in [3.05, 3.63) is 41.7 Å². The Morgan fingerprint density at radius 3 is 2.59 bits per heavy atom. The van der Waals surface area contributed by atoms with Gasteiger partial charge in [-0.15, -0.1) is 12.4 Å². The fourth-order valence-corrected chi connectivity index (χ4v) is 3.40. The molecule has 0 N–H and O–H groups in total. The summed E-state index contributed by atoms with van der Waals surface area (Å²) in [5, 5.41) is 1.81. The highest BCUT2D eigenvalue weighted by Crippen LogP contribution is 2.32. The fraction of sp³-hybridized carbons (Fsp3) is 0.471. The molecule has 0 aliphatic heterocycles. The second-order valence-electron chi connectivity index (χ2n) is 5.20. The maximum atomic E-state index is 6.21. The summed E-state index contributed by atoms with van der Waals surface area (Å²) in [6.07, 6.45) is 11.8. The molecule has 1 aromatic carbocycles. The van der Waals surface area contributed by atoms with E-state index in [0.29, 0.717) is 0 Å². The van der Waals surface area contributed by atoms with E-state index in [1.165, 1.54) is 38.5 Å². The van der Waals surface area contributed by atoms with Gasteiger partial charge in [0.05, 0.1) is 5.02 Å². The van der Waals surface area contributed by atoms with E-state index in [9.17, 15) is 0 Å². The Labute approximate surface area is 149 Å². The highest BCUT2D eigenvalue weighted by Gasteiger charge is 2.07. The van der Waals surface area contributed by atoms with E-state index in [2.05, 4.69) is 22.7 Å². The normalized spacial score (nSPS) is 10.5. The number of aryl methyl sites for hydroxylation is 1. The second kappa shape index (κ2) is 11.0. The van der Waals surface area contributed by atoms with E-state index >= 15 is 0 Å². The molecule has 0 radical (unpaired) electrons. The standard InChI is InChI=1S/C17H23ClN2S.ClH/c1-2-3-4-5-6-9-13-20-14-12-19-17(20)21-16-11-8-7-10-15(16)18;/h7-8,10-12,14H,2-6,9,13H2,1H3;1H.